The van der Waals surface area contributed by atoms with E-state index in [9.17, 15) is 4.39 Å². The molecule has 1 unspecified atom stereocenters. The van der Waals surface area contributed by atoms with Gasteiger partial charge in [-0.15, -0.1) is 0 Å². The molecule has 15 heavy (non-hydrogen) atoms. The fourth-order valence-electron chi connectivity index (χ4n) is 1.09. The van der Waals surface area contributed by atoms with Crippen molar-refractivity contribution in [1.82, 2.24) is 0 Å². The zero-order valence-corrected chi connectivity index (χ0v) is 9.35. The highest BCUT2D eigenvalue weighted by molar-refractivity contribution is 7.99. The van der Waals surface area contributed by atoms with Gasteiger partial charge in [-0.2, -0.15) is 17.0 Å². The van der Waals surface area contributed by atoms with E-state index >= 15 is 0 Å². The fraction of sp³-hybridized carbons (Fsp3) is 0.364. The summed E-state index contributed by atoms with van der Waals surface area (Å²) in [5.41, 5.74) is 6.75. The Labute approximate surface area is 93.3 Å². The fourth-order valence-corrected chi connectivity index (χ4v) is 1.93. The molecule has 1 aromatic carbocycles. The van der Waals surface area contributed by atoms with Crippen LogP contribution in [0.4, 0.5) is 4.39 Å². The Hall–Kier alpha value is -1.05. The van der Waals surface area contributed by atoms with Gasteiger partial charge in [0.15, 0.2) is 0 Å². The SMILES string of the molecule is CC(CN)SCc1cc(F)ccc1C#N. The average Bonchev–Trinajstić information content (AvgIpc) is 2.26. The van der Waals surface area contributed by atoms with E-state index in [2.05, 4.69) is 6.07 Å². The van der Waals surface area contributed by atoms with E-state index < -0.39 is 0 Å². The smallest absolute Gasteiger partial charge is 0.123 e. The van der Waals surface area contributed by atoms with Crippen molar-refractivity contribution >= 4 is 11.8 Å². The van der Waals surface area contributed by atoms with Crippen molar-refractivity contribution in [3.63, 3.8) is 0 Å². The van der Waals surface area contributed by atoms with Crippen molar-refractivity contribution in [2.45, 2.75) is 17.9 Å². The Kier molecular flexibility index (Phi) is 4.60. The summed E-state index contributed by atoms with van der Waals surface area (Å²) in [6.07, 6.45) is 0. The number of hydrogen-bond donors (Lipinski definition) is 1. The summed E-state index contributed by atoms with van der Waals surface area (Å²) in [5, 5.41) is 9.14. The van der Waals surface area contributed by atoms with Crippen molar-refractivity contribution < 1.29 is 4.39 Å². The third kappa shape index (κ3) is 3.54. The van der Waals surface area contributed by atoms with Gasteiger partial charge in [0.1, 0.15) is 5.82 Å². The predicted octanol–water partition coefficient (Wildman–Crippen LogP) is 2.28. The number of nitriles is 1. The van der Waals surface area contributed by atoms with Crippen molar-refractivity contribution in [2.24, 2.45) is 5.73 Å². The molecule has 0 amide bonds. The third-order valence-corrected chi connectivity index (χ3v) is 3.28. The topological polar surface area (TPSA) is 49.8 Å². The van der Waals surface area contributed by atoms with Crippen molar-refractivity contribution in [1.29, 1.82) is 5.26 Å². The second-order valence-electron chi connectivity index (χ2n) is 3.27. The van der Waals surface area contributed by atoms with Gasteiger partial charge < -0.3 is 5.73 Å². The highest BCUT2D eigenvalue weighted by Gasteiger charge is 2.06. The van der Waals surface area contributed by atoms with Crippen LogP contribution in [0.5, 0.6) is 0 Å². The molecular formula is C11H13FN2S. The van der Waals surface area contributed by atoms with Gasteiger partial charge in [-0.05, 0) is 23.8 Å². The molecule has 0 fully saturated rings. The monoisotopic (exact) mass is 224 g/mol. The van der Waals surface area contributed by atoms with Gasteiger partial charge >= 0.3 is 0 Å². The Morgan fingerprint density at radius 3 is 2.93 bits per heavy atom. The standard InChI is InChI=1S/C11H13FN2S/c1-8(5-13)15-7-10-4-11(12)3-2-9(10)6-14/h2-4,8H,5,7,13H2,1H3. The Morgan fingerprint density at radius 1 is 1.60 bits per heavy atom. The number of hydrogen-bond acceptors (Lipinski definition) is 3. The van der Waals surface area contributed by atoms with Gasteiger partial charge in [0, 0.05) is 17.5 Å². The Morgan fingerprint density at radius 2 is 2.33 bits per heavy atom. The Bertz CT molecular complexity index is 373. The van der Waals surface area contributed by atoms with E-state index in [0.29, 0.717) is 23.1 Å². The van der Waals surface area contributed by atoms with Crippen molar-refractivity contribution in [3.05, 3.63) is 35.1 Å². The van der Waals surface area contributed by atoms with Crippen LogP contribution in [0.25, 0.3) is 0 Å². The quantitative estimate of drug-likeness (QED) is 0.853. The Balaban J connectivity index is 2.75. The van der Waals surface area contributed by atoms with E-state index in [4.69, 9.17) is 11.0 Å². The van der Waals surface area contributed by atoms with Crippen LogP contribution in [0.2, 0.25) is 0 Å². The van der Waals surface area contributed by atoms with E-state index in [1.165, 1.54) is 18.2 Å². The van der Waals surface area contributed by atoms with Crippen LogP contribution < -0.4 is 5.73 Å². The summed E-state index contributed by atoms with van der Waals surface area (Å²) in [7, 11) is 0. The molecule has 0 bridgehead atoms. The third-order valence-electron chi connectivity index (χ3n) is 2.04. The van der Waals surface area contributed by atoms with Gasteiger partial charge in [0.05, 0.1) is 11.6 Å². The number of nitrogens with two attached hydrogens (primary N) is 1. The maximum atomic E-state index is 12.9. The molecule has 2 N–H and O–H groups in total. The van der Waals surface area contributed by atoms with Crippen molar-refractivity contribution in [2.75, 3.05) is 6.54 Å². The molecule has 0 aromatic heterocycles. The molecule has 1 rings (SSSR count). The molecule has 1 atom stereocenters. The zero-order chi connectivity index (χ0) is 11.3. The van der Waals surface area contributed by atoms with Crippen LogP contribution in [0.1, 0.15) is 18.1 Å². The summed E-state index contributed by atoms with van der Waals surface area (Å²) in [6.45, 7) is 2.60. The molecule has 0 aliphatic rings. The second-order valence-corrected chi connectivity index (χ2v) is 4.70. The molecule has 0 heterocycles. The summed E-state index contributed by atoms with van der Waals surface area (Å²) in [5.74, 6) is 0.323. The minimum atomic E-state index is -0.301. The van der Waals surface area contributed by atoms with E-state index in [1.807, 2.05) is 6.92 Å². The van der Waals surface area contributed by atoms with Gasteiger partial charge in [-0.1, -0.05) is 6.92 Å². The average molecular weight is 224 g/mol. The first-order valence-corrected chi connectivity index (χ1v) is 5.72. The van der Waals surface area contributed by atoms with E-state index in [0.717, 1.165) is 5.56 Å². The molecular weight excluding hydrogens is 211 g/mol. The lowest BCUT2D eigenvalue weighted by Crippen LogP contribution is -2.12. The first kappa shape index (κ1) is 12.0. The number of halogens is 1. The molecule has 0 spiro atoms. The van der Waals surface area contributed by atoms with E-state index in [-0.39, 0.29) is 5.82 Å². The molecule has 4 heteroatoms. The minimum absolute atomic E-state index is 0.301. The first-order chi connectivity index (χ1) is 7.17. The van der Waals surface area contributed by atoms with Crippen LogP contribution >= 0.6 is 11.8 Å². The van der Waals surface area contributed by atoms with Gasteiger partial charge in [0.25, 0.3) is 0 Å². The maximum absolute atomic E-state index is 12.9. The van der Waals surface area contributed by atoms with Crippen LogP contribution in [0, 0.1) is 17.1 Å². The van der Waals surface area contributed by atoms with Crippen LogP contribution in [-0.4, -0.2) is 11.8 Å². The lowest BCUT2D eigenvalue weighted by molar-refractivity contribution is 0.626. The lowest BCUT2D eigenvalue weighted by atomic mass is 10.1. The number of benzene rings is 1. The number of thioether (sulfide) groups is 1. The van der Waals surface area contributed by atoms with Crippen molar-refractivity contribution in [3.8, 4) is 6.07 Å². The predicted molar refractivity (Wildman–Crippen MR) is 60.9 cm³/mol. The second kappa shape index (κ2) is 5.74. The largest absolute Gasteiger partial charge is 0.329 e. The number of rotatable bonds is 4. The van der Waals surface area contributed by atoms with Gasteiger partial charge in [-0.3, -0.25) is 0 Å². The molecule has 0 radical (unpaired) electrons. The normalized spacial score (nSPS) is 12.1. The summed E-state index contributed by atoms with van der Waals surface area (Å²) in [4.78, 5) is 0. The molecule has 0 saturated heterocycles. The van der Waals surface area contributed by atoms with Crippen LogP contribution in [-0.2, 0) is 5.75 Å². The van der Waals surface area contributed by atoms with Crippen LogP contribution in [0.3, 0.4) is 0 Å². The molecule has 80 valence electrons. The van der Waals surface area contributed by atoms with Crippen LogP contribution in [0.15, 0.2) is 18.2 Å². The molecule has 0 aliphatic carbocycles. The van der Waals surface area contributed by atoms with E-state index in [1.54, 1.807) is 11.8 Å². The summed E-state index contributed by atoms with van der Waals surface area (Å²) < 4.78 is 12.9. The van der Waals surface area contributed by atoms with Gasteiger partial charge in [-0.25, -0.2) is 4.39 Å². The molecule has 2 nitrogen and oxygen atoms in total. The zero-order valence-electron chi connectivity index (χ0n) is 8.53. The van der Waals surface area contributed by atoms with Gasteiger partial charge in [0.2, 0.25) is 0 Å². The maximum Gasteiger partial charge on any atom is 0.123 e. The summed E-state index contributed by atoms with van der Waals surface area (Å²) in [6, 6.07) is 6.28. The lowest BCUT2D eigenvalue weighted by Gasteiger charge is -2.08. The minimum Gasteiger partial charge on any atom is -0.329 e. The highest BCUT2D eigenvalue weighted by Crippen LogP contribution is 2.20. The molecule has 1 aromatic rings. The first-order valence-electron chi connectivity index (χ1n) is 4.67. The number of nitrogens with zero attached hydrogens (tertiary/aromatic N) is 1. The molecule has 0 saturated carbocycles. The highest BCUT2D eigenvalue weighted by atomic mass is 32.2. The molecule has 0 aliphatic heterocycles. The summed E-state index contributed by atoms with van der Waals surface area (Å²) >= 11 is 1.62.